The second kappa shape index (κ2) is 5.72. The lowest BCUT2D eigenvalue weighted by atomic mass is 9.53. The predicted molar refractivity (Wildman–Crippen MR) is 100 cm³/mol. The summed E-state index contributed by atoms with van der Waals surface area (Å²) in [4.78, 5) is 12.6. The van der Waals surface area contributed by atoms with E-state index in [4.69, 9.17) is 4.74 Å². The molecule has 0 aromatic heterocycles. The van der Waals surface area contributed by atoms with Gasteiger partial charge in [0.15, 0.2) is 0 Å². The van der Waals surface area contributed by atoms with Crippen LogP contribution in [0.25, 0.3) is 0 Å². The van der Waals surface area contributed by atoms with Crippen molar-refractivity contribution >= 4 is 5.97 Å². The molecule has 2 nitrogen and oxygen atoms in total. The van der Waals surface area contributed by atoms with Gasteiger partial charge in [0.25, 0.3) is 0 Å². The first-order chi connectivity index (χ1) is 11.8. The normalized spacial score (nSPS) is 37.1. The van der Waals surface area contributed by atoms with Gasteiger partial charge < -0.3 is 4.74 Å². The molecule has 1 aliphatic heterocycles. The maximum absolute atomic E-state index is 12.6. The summed E-state index contributed by atoms with van der Waals surface area (Å²) in [7, 11) is 0. The van der Waals surface area contributed by atoms with E-state index in [0.29, 0.717) is 18.3 Å². The SMILES string of the molecule is CC1=C2[C@@H](C[C@H]1c1ccccc1)OC(=O)C[C@@H]1C(C)(C)CCC[C@@]21C. The molecule has 1 aromatic carbocycles. The molecule has 1 saturated heterocycles. The van der Waals surface area contributed by atoms with Gasteiger partial charge in [0.05, 0.1) is 0 Å². The number of ether oxygens (including phenoxy) is 1. The molecule has 2 heteroatoms. The molecule has 0 amide bonds. The molecule has 4 rings (SSSR count). The minimum absolute atomic E-state index is 0.00714. The maximum atomic E-state index is 12.6. The van der Waals surface area contributed by atoms with Crippen LogP contribution in [0.1, 0.15) is 71.3 Å². The van der Waals surface area contributed by atoms with Gasteiger partial charge >= 0.3 is 5.97 Å². The van der Waals surface area contributed by atoms with Crippen LogP contribution in [-0.4, -0.2) is 12.1 Å². The number of hydrogen-bond donors (Lipinski definition) is 0. The van der Waals surface area contributed by atoms with Crippen LogP contribution in [0, 0.1) is 16.7 Å². The van der Waals surface area contributed by atoms with Gasteiger partial charge in [-0.15, -0.1) is 0 Å². The zero-order chi connectivity index (χ0) is 17.8. The van der Waals surface area contributed by atoms with E-state index in [0.717, 1.165) is 6.42 Å². The number of esters is 1. The fourth-order valence-corrected chi connectivity index (χ4v) is 6.27. The molecule has 3 aliphatic rings. The molecule has 0 radical (unpaired) electrons. The Balaban J connectivity index is 1.83. The molecule has 1 heterocycles. The Morgan fingerprint density at radius 2 is 1.80 bits per heavy atom. The number of benzene rings is 1. The van der Waals surface area contributed by atoms with Gasteiger partial charge in [0, 0.05) is 12.3 Å². The number of carbonyl (C=O) groups excluding carboxylic acids is 1. The van der Waals surface area contributed by atoms with E-state index in [1.165, 1.54) is 36.0 Å². The van der Waals surface area contributed by atoms with E-state index in [1.54, 1.807) is 0 Å². The largest absolute Gasteiger partial charge is 0.458 e. The highest BCUT2D eigenvalue weighted by Crippen LogP contribution is 2.61. The minimum Gasteiger partial charge on any atom is -0.458 e. The number of hydrogen-bond acceptors (Lipinski definition) is 2. The van der Waals surface area contributed by atoms with E-state index in [1.807, 2.05) is 0 Å². The smallest absolute Gasteiger partial charge is 0.306 e. The Morgan fingerprint density at radius 3 is 2.52 bits per heavy atom. The van der Waals surface area contributed by atoms with Crippen molar-refractivity contribution in [1.82, 2.24) is 0 Å². The number of fused-ring (bicyclic) bond motifs is 3. The lowest BCUT2D eigenvalue weighted by molar-refractivity contribution is -0.148. The predicted octanol–water partition coefficient (Wildman–Crippen LogP) is 5.64. The summed E-state index contributed by atoms with van der Waals surface area (Å²) in [6.45, 7) is 9.40. The van der Waals surface area contributed by atoms with Crippen molar-refractivity contribution in [2.45, 2.75) is 71.8 Å². The van der Waals surface area contributed by atoms with Crippen LogP contribution < -0.4 is 0 Å². The Kier molecular flexibility index (Phi) is 3.86. The minimum atomic E-state index is -0.0263. The average molecular weight is 338 g/mol. The Bertz CT molecular complexity index is 715. The van der Waals surface area contributed by atoms with Crippen LogP contribution in [0.5, 0.6) is 0 Å². The zero-order valence-electron chi connectivity index (χ0n) is 16.0. The third-order valence-corrected chi connectivity index (χ3v) is 7.41. The molecule has 1 saturated carbocycles. The summed E-state index contributed by atoms with van der Waals surface area (Å²) in [5.74, 6) is 0.771. The quantitative estimate of drug-likeness (QED) is 0.489. The van der Waals surface area contributed by atoms with Crippen molar-refractivity contribution in [3.05, 3.63) is 47.0 Å². The average Bonchev–Trinajstić information content (AvgIpc) is 2.82. The van der Waals surface area contributed by atoms with Crippen molar-refractivity contribution in [1.29, 1.82) is 0 Å². The fourth-order valence-electron chi connectivity index (χ4n) is 6.27. The summed E-state index contributed by atoms with van der Waals surface area (Å²) < 4.78 is 6.01. The van der Waals surface area contributed by atoms with Gasteiger partial charge in [0.2, 0.25) is 0 Å². The number of rotatable bonds is 1. The molecule has 2 aliphatic carbocycles. The van der Waals surface area contributed by atoms with Crippen LogP contribution in [0.4, 0.5) is 0 Å². The van der Waals surface area contributed by atoms with Gasteiger partial charge in [-0.25, -0.2) is 0 Å². The van der Waals surface area contributed by atoms with Crippen molar-refractivity contribution < 1.29 is 9.53 Å². The van der Waals surface area contributed by atoms with Gasteiger partial charge in [0.1, 0.15) is 6.10 Å². The van der Waals surface area contributed by atoms with Crippen LogP contribution in [0.2, 0.25) is 0 Å². The first-order valence-corrected chi connectivity index (χ1v) is 9.78. The van der Waals surface area contributed by atoms with Gasteiger partial charge in [-0.2, -0.15) is 0 Å². The lowest BCUT2D eigenvalue weighted by Gasteiger charge is -2.51. The Hall–Kier alpha value is -1.57. The number of allylic oxidation sites excluding steroid dienone is 1. The van der Waals surface area contributed by atoms with E-state index < -0.39 is 0 Å². The van der Waals surface area contributed by atoms with E-state index in [9.17, 15) is 4.79 Å². The molecular formula is C23H30O2. The van der Waals surface area contributed by atoms with Gasteiger partial charge in [-0.05, 0) is 54.1 Å². The standard InChI is InChI=1S/C23H30O2/c1-15-17(16-9-6-5-7-10-16)13-18-21(15)23(4)12-8-11-22(2,3)19(23)14-20(24)25-18/h5-7,9-10,17-19H,8,11-14H2,1-4H3/t17-,18-,19-,23-/m1/s1. The summed E-state index contributed by atoms with van der Waals surface area (Å²) in [5.41, 5.74) is 4.54. The second-order valence-corrected chi connectivity index (χ2v) is 9.29. The Morgan fingerprint density at radius 1 is 1.08 bits per heavy atom. The molecule has 0 spiro atoms. The van der Waals surface area contributed by atoms with Crippen molar-refractivity contribution in [3.8, 4) is 0 Å². The third-order valence-electron chi connectivity index (χ3n) is 7.41. The first kappa shape index (κ1) is 16.9. The molecule has 4 atom stereocenters. The van der Waals surface area contributed by atoms with E-state index in [-0.39, 0.29) is 22.9 Å². The van der Waals surface area contributed by atoms with Crippen LogP contribution in [0.3, 0.4) is 0 Å². The molecule has 0 N–H and O–H groups in total. The molecule has 2 fully saturated rings. The molecule has 134 valence electrons. The van der Waals surface area contributed by atoms with Crippen LogP contribution >= 0.6 is 0 Å². The monoisotopic (exact) mass is 338 g/mol. The summed E-state index contributed by atoms with van der Waals surface area (Å²) in [6.07, 6.45) is 5.10. The van der Waals surface area contributed by atoms with Crippen LogP contribution in [0.15, 0.2) is 41.5 Å². The van der Waals surface area contributed by atoms with Gasteiger partial charge in [-0.1, -0.05) is 63.1 Å². The molecular weight excluding hydrogens is 308 g/mol. The highest BCUT2D eigenvalue weighted by atomic mass is 16.5. The van der Waals surface area contributed by atoms with Crippen molar-refractivity contribution in [2.75, 3.05) is 0 Å². The first-order valence-electron chi connectivity index (χ1n) is 9.78. The van der Waals surface area contributed by atoms with Gasteiger partial charge in [-0.3, -0.25) is 4.79 Å². The van der Waals surface area contributed by atoms with Crippen molar-refractivity contribution in [2.24, 2.45) is 16.7 Å². The molecule has 0 bridgehead atoms. The summed E-state index contributed by atoms with van der Waals surface area (Å²) in [5, 5.41) is 0. The van der Waals surface area contributed by atoms with Crippen molar-refractivity contribution in [3.63, 3.8) is 0 Å². The topological polar surface area (TPSA) is 26.3 Å². The summed E-state index contributed by atoms with van der Waals surface area (Å²) >= 11 is 0. The Labute approximate surface area is 151 Å². The van der Waals surface area contributed by atoms with Crippen LogP contribution in [-0.2, 0) is 9.53 Å². The highest BCUT2D eigenvalue weighted by Gasteiger charge is 2.55. The molecule has 1 aromatic rings. The summed E-state index contributed by atoms with van der Waals surface area (Å²) in [6, 6.07) is 10.7. The molecule has 25 heavy (non-hydrogen) atoms. The maximum Gasteiger partial charge on any atom is 0.306 e. The second-order valence-electron chi connectivity index (χ2n) is 9.29. The molecule has 0 unspecified atom stereocenters. The highest BCUT2D eigenvalue weighted by molar-refractivity contribution is 5.72. The zero-order valence-corrected chi connectivity index (χ0v) is 16.0. The number of carbonyl (C=O) groups is 1. The fraction of sp³-hybridized carbons (Fsp3) is 0.609. The lowest BCUT2D eigenvalue weighted by Crippen LogP contribution is -2.44. The van der Waals surface area contributed by atoms with E-state index in [2.05, 4.69) is 58.0 Å². The van der Waals surface area contributed by atoms with E-state index >= 15 is 0 Å². The third kappa shape index (κ3) is 2.56.